The predicted octanol–water partition coefficient (Wildman–Crippen LogP) is 1.48. The van der Waals surface area contributed by atoms with Crippen LogP contribution in [0.5, 0.6) is 0 Å². The number of methoxy groups -OCH3 is 1. The Morgan fingerprint density at radius 2 is 1.80 bits per heavy atom. The van der Waals surface area contributed by atoms with Crippen LogP contribution in [0.1, 0.15) is 32.6 Å². The Morgan fingerprint density at radius 3 is 2.40 bits per heavy atom. The monoisotopic (exact) mass is 214 g/mol. The number of esters is 1. The van der Waals surface area contributed by atoms with Crippen LogP contribution in [0.2, 0.25) is 0 Å². The Hall–Kier alpha value is -0.610. The molecule has 2 fully saturated rings. The maximum Gasteiger partial charge on any atom is 0.317 e. The van der Waals surface area contributed by atoms with Gasteiger partial charge in [0.2, 0.25) is 0 Å². The molecule has 1 atom stereocenters. The van der Waals surface area contributed by atoms with E-state index in [2.05, 4.69) is 0 Å². The Kier molecular flexibility index (Phi) is 2.73. The van der Waals surface area contributed by atoms with E-state index in [-0.39, 0.29) is 5.97 Å². The lowest BCUT2D eigenvalue weighted by Crippen LogP contribution is -2.54. The average Bonchev–Trinajstić information content (AvgIpc) is 2.71. The molecule has 1 saturated carbocycles. The van der Waals surface area contributed by atoms with E-state index in [0.29, 0.717) is 13.2 Å². The van der Waals surface area contributed by atoms with Crippen molar-refractivity contribution in [1.29, 1.82) is 0 Å². The van der Waals surface area contributed by atoms with Gasteiger partial charge in [0, 0.05) is 6.42 Å². The molecule has 1 spiro atoms. The molecule has 1 unspecified atom stereocenters. The van der Waals surface area contributed by atoms with Gasteiger partial charge in [-0.05, 0) is 19.8 Å². The van der Waals surface area contributed by atoms with Gasteiger partial charge in [-0.2, -0.15) is 0 Å². The average molecular weight is 214 g/mol. The van der Waals surface area contributed by atoms with E-state index in [1.807, 2.05) is 6.92 Å². The number of rotatable bonds is 1. The minimum Gasteiger partial charge on any atom is -0.468 e. The van der Waals surface area contributed by atoms with Gasteiger partial charge in [-0.1, -0.05) is 6.42 Å². The summed E-state index contributed by atoms with van der Waals surface area (Å²) in [7, 11) is 1.42. The van der Waals surface area contributed by atoms with E-state index in [9.17, 15) is 4.79 Å². The van der Waals surface area contributed by atoms with Crippen molar-refractivity contribution in [3.05, 3.63) is 0 Å². The summed E-state index contributed by atoms with van der Waals surface area (Å²) in [6.07, 6.45) is 3.64. The van der Waals surface area contributed by atoms with Gasteiger partial charge in [-0.3, -0.25) is 4.79 Å². The molecule has 0 bridgehead atoms. The van der Waals surface area contributed by atoms with Crippen molar-refractivity contribution in [2.75, 3.05) is 20.3 Å². The molecule has 2 rings (SSSR count). The molecule has 0 amide bonds. The lowest BCUT2D eigenvalue weighted by molar-refractivity contribution is -0.253. The molecule has 86 valence electrons. The normalized spacial score (nSPS) is 34.3. The predicted molar refractivity (Wildman–Crippen MR) is 53.2 cm³/mol. The van der Waals surface area contributed by atoms with Gasteiger partial charge in [0.15, 0.2) is 5.79 Å². The van der Waals surface area contributed by atoms with E-state index in [1.54, 1.807) is 0 Å². The van der Waals surface area contributed by atoms with Crippen molar-refractivity contribution in [3.8, 4) is 0 Å². The molecule has 0 aromatic rings. The zero-order valence-corrected chi connectivity index (χ0v) is 9.38. The van der Waals surface area contributed by atoms with Gasteiger partial charge in [0.25, 0.3) is 0 Å². The number of carbonyl (C=O) groups is 1. The number of hydrogen-bond donors (Lipinski definition) is 0. The lowest BCUT2D eigenvalue weighted by atomic mass is 9.70. The summed E-state index contributed by atoms with van der Waals surface area (Å²) in [5.41, 5.74) is -0.642. The van der Waals surface area contributed by atoms with E-state index in [1.165, 1.54) is 7.11 Å². The van der Waals surface area contributed by atoms with Crippen LogP contribution in [-0.4, -0.2) is 32.1 Å². The molecule has 4 heteroatoms. The van der Waals surface area contributed by atoms with Crippen molar-refractivity contribution in [2.24, 2.45) is 5.41 Å². The minimum absolute atomic E-state index is 0.218. The molecule has 1 aliphatic carbocycles. The SMILES string of the molecule is COC(=O)C1(C)CCCCC12OCCO2. The van der Waals surface area contributed by atoms with Crippen molar-refractivity contribution in [2.45, 2.75) is 38.4 Å². The summed E-state index contributed by atoms with van der Waals surface area (Å²) >= 11 is 0. The molecule has 0 aromatic carbocycles. The van der Waals surface area contributed by atoms with Gasteiger partial charge >= 0.3 is 5.97 Å². The first-order chi connectivity index (χ1) is 7.15. The fourth-order valence-electron chi connectivity index (χ4n) is 2.70. The standard InChI is InChI=1S/C11H18O4/c1-10(9(12)13-2)5-3-4-6-11(10)14-7-8-15-11/h3-8H2,1-2H3. The van der Waals surface area contributed by atoms with Gasteiger partial charge in [-0.25, -0.2) is 0 Å². The second-order valence-electron chi connectivity index (χ2n) is 4.48. The van der Waals surface area contributed by atoms with Crippen LogP contribution in [0.3, 0.4) is 0 Å². The summed E-state index contributed by atoms with van der Waals surface area (Å²) in [6, 6.07) is 0. The van der Waals surface area contributed by atoms with Crippen molar-refractivity contribution >= 4 is 5.97 Å². The maximum atomic E-state index is 11.9. The maximum absolute atomic E-state index is 11.9. The second kappa shape index (κ2) is 3.76. The van der Waals surface area contributed by atoms with Crippen LogP contribution in [0.25, 0.3) is 0 Å². The van der Waals surface area contributed by atoms with Crippen LogP contribution in [0.15, 0.2) is 0 Å². The highest BCUT2D eigenvalue weighted by atomic mass is 16.7. The fraction of sp³-hybridized carbons (Fsp3) is 0.909. The molecule has 0 aromatic heterocycles. The number of carbonyl (C=O) groups excluding carboxylic acids is 1. The van der Waals surface area contributed by atoms with Gasteiger partial charge < -0.3 is 14.2 Å². The summed E-state index contributed by atoms with van der Waals surface area (Å²) in [5.74, 6) is -0.942. The van der Waals surface area contributed by atoms with Gasteiger partial charge in [0.1, 0.15) is 5.41 Å². The number of ether oxygens (including phenoxy) is 3. The molecular weight excluding hydrogens is 196 g/mol. The molecule has 15 heavy (non-hydrogen) atoms. The molecule has 0 N–H and O–H groups in total. The highest BCUT2D eigenvalue weighted by Gasteiger charge is 2.59. The zero-order valence-electron chi connectivity index (χ0n) is 9.38. The highest BCUT2D eigenvalue weighted by molar-refractivity contribution is 5.77. The van der Waals surface area contributed by atoms with Crippen LogP contribution >= 0.6 is 0 Å². The third kappa shape index (κ3) is 1.47. The van der Waals surface area contributed by atoms with Crippen LogP contribution in [0.4, 0.5) is 0 Å². The van der Waals surface area contributed by atoms with Gasteiger partial charge in [0.05, 0.1) is 20.3 Å². The largest absolute Gasteiger partial charge is 0.468 e. The Balaban J connectivity index is 2.29. The first-order valence-corrected chi connectivity index (χ1v) is 5.51. The Morgan fingerprint density at radius 1 is 1.20 bits per heavy atom. The van der Waals surface area contributed by atoms with Crippen molar-refractivity contribution in [3.63, 3.8) is 0 Å². The second-order valence-corrected chi connectivity index (χ2v) is 4.48. The van der Waals surface area contributed by atoms with E-state index in [0.717, 1.165) is 25.7 Å². The topological polar surface area (TPSA) is 44.8 Å². The molecule has 4 nitrogen and oxygen atoms in total. The first-order valence-electron chi connectivity index (χ1n) is 5.51. The van der Waals surface area contributed by atoms with E-state index >= 15 is 0 Å². The Bertz CT molecular complexity index is 257. The molecule has 1 heterocycles. The minimum atomic E-state index is -0.724. The van der Waals surface area contributed by atoms with Crippen molar-refractivity contribution in [1.82, 2.24) is 0 Å². The lowest BCUT2D eigenvalue weighted by Gasteiger charge is -2.45. The third-order valence-electron chi connectivity index (χ3n) is 3.66. The third-order valence-corrected chi connectivity index (χ3v) is 3.66. The van der Waals surface area contributed by atoms with Crippen LogP contribution in [0, 0.1) is 5.41 Å². The molecular formula is C11H18O4. The summed E-state index contributed by atoms with van der Waals surface area (Å²) in [5, 5.41) is 0. The van der Waals surface area contributed by atoms with E-state index < -0.39 is 11.2 Å². The summed E-state index contributed by atoms with van der Waals surface area (Å²) in [4.78, 5) is 11.9. The summed E-state index contributed by atoms with van der Waals surface area (Å²) in [6.45, 7) is 3.04. The Labute approximate surface area is 89.9 Å². The molecule has 1 aliphatic heterocycles. The van der Waals surface area contributed by atoms with E-state index in [4.69, 9.17) is 14.2 Å². The zero-order chi connectivity index (χ0) is 10.9. The molecule has 0 radical (unpaired) electrons. The quantitative estimate of drug-likeness (QED) is 0.620. The molecule has 2 aliphatic rings. The van der Waals surface area contributed by atoms with Crippen LogP contribution < -0.4 is 0 Å². The van der Waals surface area contributed by atoms with Crippen LogP contribution in [-0.2, 0) is 19.0 Å². The smallest absolute Gasteiger partial charge is 0.317 e. The fourth-order valence-corrected chi connectivity index (χ4v) is 2.70. The summed E-state index contributed by atoms with van der Waals surface area (Å²) < 4.78 is 16.3. The first kappa shape index (κ1) is 10.9. The van der Waals surface area contributed by atoms with Gasteiger partial charge in [-0.15, -0.1) is 0 Å². The number of hydrogen-bond acceptors (Lipinski definition) is 4. The van der Waals surface area contributed by atoms with Crippen molar-refractivity contribution < 1.29 is 19.0 Å². The highest BCUT2D eigenvalue weighted by Crippen LogP contribution is 2.49. The molecule has 1 saturated heterocycles.